The van der Waals surface area contributed by atoms with Gasteiger partial charge >= 0.3 is 0 Å². The van der Waals surface area contributed by atoms with Gasteiger partial charge in [0, 0.05) is 36.1 Å². The molecule has 148 valence electrons. The number of nitrogens with zero attached hydrogens (tertiary/aromatic N) is 3. The molecule has 0 saturated carbocycles. The second-order valence-electron chi connectivity index (χ2n) is 6.52. The maximum absolute atomic E-state index is 13.0. The number of amides is 1. The molecule has 1 aliphatic heterocycles. The number of hydrogen-bond donors (Lipinski definition) is 2. The van der Waals surface area contributed by atoms with Crippen molar-refractivity contribution in [3.63, 3.8) is 0 Å². The van der Waals surface area contributed by atoms with Crippen LogP contribution in [0.25, 0.3) is 0 Å². The fourth-order valence-electron chi connectivity index (χ4n) is 3.01. The number of carbonyl (C=O) groups excluding carboxylic acids is 1. The summed E-state index contributed by atoms with van der Waals surface area (Å²) >= 11 is 0. The molecule has 0 bridgehead atoms. The average molecular weight is 393 g/mol. The minimum absolute atomic E-state index is 0.346. The first kappa shape index (κ1) is 18.8. The number of benzene rings is 2. The minimum atomic E-state index is -0.394. The van der Waals surface area contributed by atoms with Gasteiger partial charge < -0.3 is 20.3 Å². The number of nitrogens with one attached hydrogen (secondary N) is 2. The van der Waals surface area contributed by atoms with E-state index in [1.807, 2.05) is 24.3 Å². The molecule has 7 nitrogen and oxygen atoms in total. The van der Waals surface area contributed by atoms with Crippen LogP contribution in [-0.4, -0.2) is 42.2 Å². The fourth-order valence-corrected chi connectivity index (χ4v) is 3.01. The highest BCUT2D eigenvalue weighted by Gasteiger charge is 2.11. The molecule has 0 atom stereocenters. The maximum Gasteiger partial charge on any atom is 0.256 e. The van der Waals surface area contributed by atoms with Crippen LogP contribution in [0.5, 0.6) is 0 Å². The van der Waals surface area contributed by atoms with Gasteiger partial charge in [-0.3, -0.25) is 4.79 Å². The Hall–Kier alpha value is -3.52. The van der Waals surface area contributed by atoms with Crippen molar-refractivity contribution in [3.8, 4) is 0 Å². The van der Waals surface area contributed by atoms with Crippen LogP contribution >= 0.6 is 0 Å². The van der Waals surface area contributed by atoms with Gasteiger partial charge in [-0.25, -0.2) is 14.4 Å². The molecular weight excluding hydrogens is 373 g/mol. The van der Waals surface area contributed by atoms with E-state index < -0.39 is 5.82 Å². The Morgan fingerprint density at radius 1 is 0.966 bits per heavy atom. The quantitative estimate of drug-likeness (QED) is 0.691. The first-order chi connectivity index (χ1) is 14.2. The van der Waals surface area contributed by atoms with Crippen molar-refractivity contribution in [3.05, 3.63) is 72.3 Å². The van der Waals surface area contributed by atoms with E-state index in [0.29, 0.717) is 17.2 Å². The number of rotatable bonds is 5. The van der Waals surface area contributed by atoms with E-state index in [1.54, 1.807) is 6.07 Å². The Morgan fingerprint density at radius 2 is 1.66 bits per heavy atom. The summed E-state index contributed by atoms with van der Waals surface area (Å²) in [5.74, 6) is 0.134. The van der Waals surface area contributed by atoms with Gasteiger partial charge in [0.1, 0.15) is 23.8 Å². The summed E-state index contributed by atoms with van der Waals surface area (Å²) in [6, 6.07) is 15.0. The summed E-state index contributed by atoms with van der Waals surface area (Å²) in [7, 11) is 0. The van der Waals surface area contributed by atoms with Gasteiger partial charge in [0.25, 0.3) is 5.91 Å². The van der Waals surface area contributed by atoms with E-state index in [-0.39, 0.29) is 5.91 Å². The lowest BCUT2D eigenvalue weighted by Crippen LogP contribution is -2.36. The molecule has 2 N–H and O–H groups in total. The average Bonchev–Trinajstić information content (AvgIpc) is 2.76. The molecule has 4 rings (SSSR count). The van der Waals surface area contributed by atoms with Crippen LogP contribution in [0.1, 0.15) is 10.4 Å². The molecule has 1 fully saturated rings. The number of halogens is 1. The summed E-state index contributed by atoms with van der Waals surface area (Å²) < 4.78 is 18.4. The number of aromatic nitrogens is 2. The van der Waals surface area contributed by atoms with Crippen molar-refractivity contribution in [2.24, 2.45) is 0 Å². The number of morpholine rings is 1. The van der Waals surface area contributed by atoms with Crippen molar-refractivity contribution in [1.82, 2.24) is 9.97 Å². The molecular formula is C21H20FN5O2. The molecule has 2 aromatic carbocycles. The van der Waals surface area contributed by atoms with Gasteiger partial charge in [-0.1, -0.05) is 0 Å². The lowest BCUT2D eigenvalue weighted by Gasteiger charge is -2.28. The van der Waals surface area contributed by atoms with E-state index in [1.165, 1.54) is 30.6 Å². The van der Waals surface area contributed by atoms with Crippen LogP contribution in [0, 0.1) is 5.82 Å². The molecule has 2 heterocycles. The normalized spacial score (nSPS) is 13.8. The lowest BCUT2D eigenvalue weighted by atomic mass is 10.2. The smallest absolute Gasteiger partial charge is 0.256 e. The van der Waals surface area contributed by atoms with Crippen LogP contribution in [-0.2, 0) is 4.74 Å². The second-order valence-corrected chi connectivity index (χ2v) is 6.52. The van der Waals surface area contributed by atoms with E-state index >= 15 is 0 Å². The molecule has 1 saturated heterocycles. The van der Waals surface area contributed by atoms with E-state index in [9.17, 15) is 9.18 Å². The molecule has 1 aliphatic rings. The van der Waals surface area contributed by atoms with Crippen LogP contribution < -0.4 is 15.5 Å². The van der Waals surface area contributed by atoms with Crippen molar-refractivity contribution >= 4 is 28.9 Å². The molecule has 8 heteroatoms. The third-order valence-electron chi connectivity index (χ3n) is 4.53. The van der Waals surface area contributed by atoms with Gasteiger partial charge in [-0.15, -0.1) is 0 Å². The maximum atomic E-state index is 13.0. The van der Waals surface area contributed by atoms with E-state index in [4.69, 9.17) is 4.74 Å². The Bertz CT molecular complexity index is 973. The van der Waals surface area contributed by atoms with Gasteiger partial charge in [-0.2, -0.15) is 0 Å². The molecule has 0 aliphatic carbocycles. The SMILES string of the molecule is O=C(Nc1cc(Nc2ccc(N3CCOCC3)cc2)ncn1)c1ccc(F)cc1. The number of carbonyl (C=O) groups is 1. The first-order valence-corrected chi connectivity index (χ1v) is 9.26. The van der Waals surface area contributed by atoms with E-state index in [0.717, 1.165) is 37.7 Å². The highest BCUT2D eigenvalue weighted by molar-refractivity contribution is 6.03. The Kier molecular flexibility index (Phi) is 5.62. The van der Waals surface area contributed by atoms with Gasteiger partial charge in [-0.05, 0) is 48.5 Å². The molecule has 0 radical (unpaired) electrons. The zero-order valence-electron chi connectivity index (χ0n) is 15.6. The first-order valence-electron chi connectivity index (χ1n) is 9.26. The molecule has 1 aromatic heterocycles. The molecule has 1 amide bonds. The van der Waals surface area contributed by atoms with Gasteiger partial charge in [0.2, 0.25) is 0 Å². The zero-order valence-corrected chi connectivity index (χ0v) is 15.6. The van der Waals surface area contributed by atoms with Crippen molar-refractivity contribution in [2.45, 2.75) is 0 Å². The minimum Gasteiger partial charge on any atom is -0.378 e. The predicted molar refractivity (Wildman–Crippen MR) is 109 cm³/mol. The topological polar surface area (TPSA) is 79.4 Å². The standard InChI is InChI=1S/C21H20FN5O2/c22-16-3-1-15(2-4-16)21(28)26-20-13-19(23-14-24-20)25-17-5-7-18(8-6-17)27-9-11-29-12-10-27/h1-8,13-14H,9-12H2,(H2,23,24,25,26,28). The summed E-state index contributed by atoms with van der Waals surface area (Å²) in [5, 5.41) is 5.88. The number of hydrogen-bond acceptors (Lipinski definition) is 6. The predicted octanol–water partition coefficient (Wildman–Crippen LogP) is 3.45. The third kappa shape index (κ3) is 4.85. The summed E-state index contributed by atoms with van der Waals surface area (Å²) in [4.78, 5) is 22.8. The summed E-state index contributed by atoms with van der Waals surface area (Å²) in [6.07, 6.45) is 1.37. The van der Waals surface area contributed by atoms with Crippen LogP contribution in [0.4, 0.5) is 27.4 Å². The molecule has 0 unspecified atom stereocenters. The van der Waals surface area contributed by atoms with Crippen molar-refractivity contribution in [1.29, 1.82) is 0 Å². The molecule has 0 spiro atoms. The Morgan fingerprint density at radius 3 is 2.38 bits per heavy atom. The number of anilines is 4. The summed E-state index contributed by atoms with van der Waals surface area (Å²) in [6.45, 7) is 3.26. The van der Waals surface area contributed by atoms with Gasteiger partial charge in [0.15, 0.2) is 0 Å². The van der Waals surface area contributed by atoms with Crippen LogP contribution in [0.2, 0.25) is 0 Å². The number of ether oxygens (including phenoxy) is 1. The molecule has 29 heavy (non-hydrogen) atoms. The van der Waals surface area contributed by atoms with Gasteiger partial charge in [0.05, 0.1) is 13.2 Å². The van der Waals surface area contributed by atoms with E-state index in [2.05, 4.69) is 25.5 Å². The molecule has 3 aromatic rings. The largest absolute Gasteiger partial charge is 0.378 e. The zero-order chi connectivity index (χ0) is 20.1. The van der Waals surface area contributed by atoms with Crippen molar-refractivity contribution in [2.75, 3.05) is 41.8 Å². The Labute approximate surface area is 167 Å². The van der Waals surface area contributed by atoms with Crippen LogP contribution in [0.15, 0.2) is 60.9 Å². The highest BCUT2D eigenvalue weighted by atomic mass is 19.1. The summed E-state index contributed by atoms with van der Waals surface area (Å²) in [5.41, 5.74) is 2.36. The third-order valence-corrected chi connectivity index (χ3v) is 4.53. The van der Waals surface area contributed by atoms with Crippen LogP contribution in [0.3, 0.4) is 0 Å². The monoisotopic (exact) mass is 393 g/mol. The lowest BCUT2D eigenvalue weighted by molar-refractivity contribution is 0.102. The highest BCUT2D eigenvalue weighted by Crippen LogP contribution is 2.22. The Balaban J connectivity index is 1.40. The second kappa shape index (κ2) is 8.66. The fraction of sp³-hybridized carbons (Fsp3) is 0.190. The van der Waals surface area contributed by atoms with Crippen molar-refractivity contribution < 1.29 is 13.9 Å².